The molecule has 0 spiro atoms. The summed E-state index contributed by atoms with van der Waals surface area (Å²) in [5, 5.41) is 33.6. The second-order valence-corrected chi connectivity index (χ2v) is 10.3. The maximum Gasteiger partial charge on any atom is 0.294 e. The van der Waals surface area contributed by atoms with Crippen molar-refractivity contribution in [2.45, 2.75) is 50.1 Å². The Morgan fingerprint density at radius 3 is 2.29 bits per heavy atom. The first-order chi connectivity index (χ1) is 14.3. The lowest BCUT2D eigenvalue weighted by Gasteiger charge is -2.46. The first-order valence-corrected chi connectivity index (χ1v) is 11.1. The van der Waals surface area contributed by atoms with Gasteiger partial charge >= 0.3 is 0 Å². The molecule has 0 saturated carbocycles. The Bertz CT molecular complexity index is 1310. The molecule has 0 aliphatic carbocycles. The van der Waals surface area contributed by atoms with E-state index in [9.17, 15) is 18.7 Å². The predicted molar refractivity (Wildman–Crippen MR) is 114 cm³/mol. The van der Waals surface area contributed by atoms with Crippen molar-refractivity contribution in [1.29, 1.82) is 0 Å². The van der Waals surface area contributed by atoms with Gasteiger partial charge in [-0.25, -0.2) is 0 Å². The number of nitrogens with zero attached hydrogens (tertiary/aromatic N) is 3. The van der Waals surface area contributed by atoms with Crippen LogP contribution < -0.4 is 0 Å². The number of aromatic amines is 1. The van der Waals surface area contributed by atoms with Crippen molar-refractivity contribution < 1.29 is 23.3 Å². The third kappa shape index (κ3) is 3.51. The summed E-state index contributed by atoms with van der Waals surface area (Å²) in [6, 6.07) is 8.45. The van der Waals surface area contributed by atoms with Crippen molar-refractivity contribution in [2.24, 2.45) is 10.2 Å². The number of hydrogen-bond donors (Lipinski definition) is 3. The van der Waals surface area contributed by atoms with E-state index in [0.29, 0.717) is 17.5 Å². The molecule has 2 heterocycles. The van der Waals surface area contributed by atoms with E-state index < -0.39 is 21.2 Å². The number of azo groups is 1. The van der Waals surface area contributed by atoms with Crippen molar-refractivity contribution in [3.8, 4) is 5.75 Å². The van der Waals surface area contributed by atoms with E-state index in [4.69, 9.17) is 4.55 Å². The summed E-state index contributed by atoms with van der Waals surface area (Å²) in [4.78, 5) is 3.11. The van der Waals surface area contributed by atoms with Crippen LogP contribution in [-0.4, -0.2) is 33.7 Å². The molecule has 31 heavy (non-hydrogen) atoms. The summed E-state index contributed by atoms with van der Waals surface area (Å²) in [6.45, 7) is 7.47. The van der Waals surface area contributed by atoms with E-state index in [1.165, 1.54) is 30.3 Å². The van der Waals surface area contributed by atoms with E-state index in [0.717, 1.165) is 21.8 Å². The van der Waals surface area contributed by atoms with Gasteiger partial charge in [0, 0.05) is 28.6 Å². The van der Waals surface area contributed by atoms with Crippen molar-refractivity contribution in [3.63, 3.8) is 0 Å². The van der Waals surface area contributed by atoms with Crippen LogP contribution in [0.1, 0.15) is 39.0 Å². The molecule has 0 amide bonds. The predicted octanol–water partition coefficient (Wildman–Crippen LogP) is 4.75. The van der Waals surface area contributed by atoms with Gasteiger partial charge < -0.3 is 10.1 Å². The largest absolute Gasteiger partial charge is 0.506 e. The van der Waals surface area contributed by atoms with Gasteiger partial charge in [-0.3, -0.25) is 4.55 Å². The molecule has 3 N–H and O–H groups in total. The number of aromatic hydroxyl groups is 1. The van der Waals surface area contributed by atoms with Crippen LogP contribution in [-0.2, 0) is 27.3 Å². The van der Waals surface area contributed by atoms with E-state index in [1.54, 1.807) is 6.07 Å². The summed E-state index contributed by atoms with van der Waals surface area (Å²) >= 11 is 0. The molecule has 0 saturated heterocycles. The van der Waals surface area contributed by atoms with Gasteiger partial charge in [-0.2, -0.15) is 13.5 Å². The number of phenolic OH excluding ortho intramolecular Hbond substituents is 1. The van der Waals surface area contributed by atoms with Crippen molar-refractivity contribution in [2.75, 3.05) is 0 Å². The Hall–Kier alpha value is -2.79. The highest BCUT2D eigenvalue weighted by atomic mass is 32.2. The van der Waals surface area contributed by atoms with Gasteiger partial charge in [0.15, 0.2) is 0 Å². The minimum absolute atomic E-state index is 0.0920. The third-order valence-electron chi connectivity index (χ3n) is 5.67. The second kappa shape index (κ2) is 6.86. The standard InChI is InChI=1S/C21H23N4O5S/c1-20(2)11-15-18(21(3,4)25(20)27)17-14(22-15)9-10-16(26)19(17)24-23-12-5-7-13(8-6-12)31(28,29)30/h5-10,22,26H,11H2,1-4H3,(H,28,29,30). The van der Waals surface area contributed by atoms with E-state index in [1.807, 2.05) is 27.7 Å². The lowest BCUT2D eigenvalue weighted by atomic mass is 9.79. The third-order valence-corrected chi connectivity index (χ3v) is 6.54. The fraction of sp³-hybridized carbons (Fsp3) is 0.333. The molecule has 163 valence electrons. The average Bonchev–Trinajstić information content (AvgIpc) is 3.04. The van der Waals surface area contributed by atoms with Crippen LogP contribution in [0.4, 0.5) is 11.4 Å². The number of rotatable bonds is 3. The summed E-state index contributed by atoms with van der Waals surface area (Å²) < 4.78 is 31.5. The van der Waals surface area contributed by atoms with Crippen LogP contribution >= 0.6 is 0 Å². The smallest absolute Gasteiger partial charge is 0.294 e. The Balaban J connectivity index is 1.86. The molecule has 1 aliphatic rings. The normalized spacial score (nSPS) is 18.5. The van der Waals surface area contributed by atoms with E-state index in [2.05, 4.69) is 15.2 Å². The minimum Gasteiger partial charge on any atom is -0.506 e. The molecule has 1 aliphatic heterocycles. The maximum absolute atomic E-state index is 13.1. The monoisotopic (exact) mass is 443 g/mol. The molecule has 9 nitrogen and oxygen atoms in total. The fourth-order valence-electron chi connectivity index (χ4n) is 4.38. The molecule has 0 atom stereocenters. The Morgan fingerprint density at radius 1 is 1.03 bits per heavy atom. The molecule has 3 aromatic rings. The molecule has 0 fully saturated rings. The van der Waals surface area contributed by atoms with Gasteiger partial charge in [0.1, 0.15) is 11.4 Å². The number of nitrogens with one attached hydrogen (secondary N) is 1. The maximum atomic E-state index is 13.1. The quantitative estimate of drug-likeness (QED) is 0.396. The Morgan fingerprint density at radius 2 is 1.68 bits per heavy atom. The lowest BCUT2D eigenvalue weighted by Crippen LogP contribution is -2.55. The highest BCUT2D eigenvalue weighted by Crippen LogP contribution is 2.49. The summed E-state index contributed by atoms with van der Waals surface area (Å²) in [7, 11) is -4.30. The van der Waals surface area contributed by atoms with Crippen LogP contribution in [0.2, 0.25) is 0 Å². The first-order valence-electron chi connectivity index (χ1n) is 9.66. The zero-order chi connectivity index (χ0) is 22.8. The van der Waals surface area contributed by atoms with Crippen molar-refractivity contribution >= 4 is 32.4 Å². The highest BCUT2D eigenvalue weighted by molar-refractivity contribution is 7.85. The van der Waals surface area contributed by atoms with E-state index >= 15 is 0 Å². The lowest BCUT2D eigenvalue weighted by molar-refractivity contribution is -0.280. The minimum atomic E-state index is -4.30. The molecule has 10 heteroatoms. The SMILES string of the molecule is CC1(C)Cc2[nH]c3ccc(O)c(N=Nc4ccc(S(=O)(=O)O)cc4)c3c2C(C)(C)N1[O]. The number of phenols is 1. The topological polar surface area (TPSA) is 138 Å². The Kier molecular flexibility index (Phi) is 4.74. The van der Waals surface area contributed by atoms with Gasteiger partial charge in [-0.1, -0.05) is 0 Å². The molecule has 0 unspecified atom stereocenters. The number of H-pyrrole nitrogens is 1. The summed E-state index contributed by atoms with van der Waals surface area (Å²) in [5.74, 6) is -0.0920. The number of hydrogen-bond acceptors (Lipinski definition) is 6. The fourth-order valence-corrected chi connectivity index (χ4v) is 4.86. The molecule has 2 aromatic carbocycles. The van der Waals surface area contributed by atoms with Gasteiger partial charge in [0.2, 0.25) is 0 Å². The number of hydroxylamine groups is 2. The van der Waals surface area contributed by atoms with E-state index in [-0.39, 0.29) is 16.3 Å². The van der Waals surface area contributed by atoms with Gasteiger partial charge in [-0.15, -0.1) is 15.4 Å². The first kappa shape index (κ1) is 21.4. The summed E-state index contributed by atoms with van der Waals surface area (Å²) in [6.07, 6.45) is 0.512. The number of fused-ring (bicyclic) bond motifs is 3. The van der Waals surface area contributed by atoms with Crippen LogP contribution in [0.25, 0.3) is 10.9 Å². The zero-order valence-corrected chi connectivity index (χ0v) is 18.4. The molecular weight excluding hydrogens is 420 g/mol. The van der Waals surface area contributed by atoms with Crippen LogP contribution in [0.3, 0.4) is 0 Å². The van der Waals surface area contributed by atoms with Crippen molar-refractivity contribution in [3.05, 3.63) is 47.7 Å². The van der Waals surface area contributed by atoms with Gasteiger partial charge in [0.05, 0.1) is 21.7 Å². The number of benzene rings is 2. The van der Waals surface area contributed by atoms with Gasteiger partial charge in [0.25, 0.3) is 10.1 Å². The molecule has 4 rings (SSSR count). The molecule has 0 bridgehead atoms. The zero-order valence-electron chi connectivity index (χ0n) is 17.5. The van der Waals surface area contributed by atoms with Crippen LogP contribution in [0.15, 0.2) is 51.5 Å². The van der Waals surface area contributed by atoms with Crippen LogP contribution in [0, 0.1) is 0 Å². The molecule has 1 aromatic heterocycles. The van der Waals surface area contributed by atoms with Gasteiger partial charge in [-0.05, 0) is 64.1 Å². The Labute approximate surface area is 179 Å². The summed E-state index contributed by atoms with van der Waals surface area (Å²) in [5.41, 5.74) is 1.49. The molecular formula is C21H23N4O5S. The average molecular weight is 444 g/mol. The van der Waals surface area contributed by atoms with Crippen LogP contribution in [0.5, 0.6) is 5.75 Å². The molecule has 1 radical (unpaired) electrons. The van der Waals surface area contributed by atoms with Crippen molar-refractivity contribution in [1.82, 2.24) is 10.0 Å². The number of aromatic nitrogens is 1. The highest BCUT2D eigenvalue weighted by Gasteiger charge is 2.47. The second-order valence-electron chi connectivity index (χ2n) is 8.85.